The van der Waals surface area contributed by atoms with E-state index in [4.69, 9.17) is 28.9 Å². The molecule has 1 aliphatic rings. The first kappa shape index (κ1) is 12.0. The van der Waals surface area contributed by atoms with Crippen molar-refractivity contribution in [3.05, 3.63) is 22.3 Å². The van der Waals surface area contributed by atoms with Gasteiger partial charge < -0.3 is 11.1 Å². The van der Waals surface area contributed by atoms with Crippen LogP contribution in [-0.2, 0) is 0 Å². The second kappa shape index (κ2) is 5.21. The molecule has 0 bridgehead atoms. The van der Waals surface area contributed by atoms with Crippen molar-refractivity contribution in [1.29, 1.82) is 0 Å². The van der Waals surface area contributed by atoms with Gasteiger partial charge >= 0.3 is 0 Å². The normalized spacial score (nSPS) is 24.7. The van der Waals surface area contributed by atoms with Gasteiger partial charge in [-0.25, -0.2) is 4.98 Å². The molecule has 2 rings (SSSR count). The SMILES string of the molecule is NC1CCCC1CNc1ncc(Cl)cc1Cl. The molecule has 5 heteroatoms. The lowest BCUT2D eigenvalue weighted by Gasteiger charge is -2.16. The van der Waals surface area contributed by atoms with Gasteiger partial charge in [-0.05, 0) is 24.8 Å². The Labute approximate surface area is 105 Å². The van der Waals surface area contributed by atoms with Gasteiger partial charge in [0.15, 0.2) is 0 Å². The third-order valence-corrected chi connectivity index (χ3v) is 3.55. The Balaban J connectivity index is 1.94. The maximum atomic E-state index is 6.01. The number of rotatable bonds is 3. The van der Waals surface area contributed by atoms with Gasteiger partial charge in [0.05, 0.1) is 10.0 Å². The third-order valence-electron chi connectivity index (χ3n) is 3.06. The lowest BCUT2D eigenvalue weighted by Crippen LogP contribution is -2.29. The summed E-state index contributed by atoms with van der Waals surface area (Å²) in [6.45, 7) is 0.829. The zero-order chi connectivity index (χ0) is 11.5. The number of nitrogens with zero attached hydrogens (tertiary/aromatic N) is 1. The Morgan fingerprint density at radius 3 is 2.88 bits per heavy atom. The molecule has 0 amide bonds. The monoisotopic (exact) mass is 259 g/mol. The van der Waals surface area contributed by atoms with E-state index in [9.17, 15) is 0 Å². The fourth-order valence-electron chi connectivity index (χ4n) is 2.09. The molecule has 1 heterocycles. The average molecular weight is 260 g/mol. The topological polar surface area (TPSA) is 50.9 Å². The smallest absolute Gasteiger partial charge is 0.144 e. The third kappa shape index (κ3) is 2.78. The first-order valence-electron chi connectivity index (χ1n) is 5.47. The van der Waals surface area contributed by atoms with Crippen molar-refractivity contribution in [2.75, 3.05) is 11.9 Å². The molecule has 0 aromatic carbocycles. The van der Waals surface area contributed by atoms with E-state index >= 15 is 0 Å². The summed E-state index contributed by atoms with van der Waals surface area (Å²) in [5.74, 6) is 1.21. The van der Waals surface area contributed by atoms with Crippen molar-refractivity contribution in [2.24, 2.45) is 11.7 Å². The van der Waals surface area contributed by atoms with Gasteiger partial charge in [0.1, 0.15) is 5.82 Å². The fraction of sp³-hybridized carbons (Fsp3) is 0.545. The second-order valence-corrected chi connectivity index (χ2v) is 5.06. The van der Waals surface area contributed by atoms with Gasteiger partial charge in [-0.3, -0.25) is 0 Å². The standard InChI is InChI=1S/C11H15Cl2N3/c12-8-4-9(13)11(16-6-8)15-5-7-2-1-3-10(7)14/h4,6-7,10H,1-3,5,14H2,(H,15,16). The summed E-state index contributed by atoms with van der Waals surface area (Å²) in [4.78, 5) is 4.15. The lowest BCUT2D eigenvalue weighted by molar-refractivity contribution is 0.504. The summed E-state index contributed by atoms with van der Waals surface area (Å²) in [5, 5.41) is 4.33. The molecule has 16 heavy (non-hydrogen) atoms. The molecule has 1 aromatic rings. The highest BCUT2D eigenvalue weighted by Crippen LogP contribution is 2.26. The highest BCUT2D eigenvalue weighted by molar-refractivity contribution is 6.35. The molecule has 0 radical (unpaired) electrons. The Bertz CT molecular complexity index is 370. The molecule has 1 aromatic heterocycles. The lowest BCUT2D eigenvalue weighted by atomic mass is 10.1. The summed E-state index contributed by atoms with van der Waals surface area (Å²) in [7, 11) is 0. The van der Waals surface area contributed by atoms with Crippen LogP contribution >= 0.6 is 23.2 Å². The van der Waals surface area contributed by atoms with Gasteiger partial charge in [0, 0.05) is 18.8 Å². The minimum Gasteiger partial charge on any atom is -0.369 e. The average Bonchev–Trinajstić information content (AvgIpc) is 2.63. The van der Waals surface area contributed by atoms with Crippen LogP contribution in [0.25, 0.3) is 0 Å². The van der Waals surface area contributed by atoms with Crippen LogP contribution in [0.2, 0.25) is 10.0 Å². The van der Waals surface area contributed by atoms with Crippen molar-refractivity contribution in [1.82, 2.24) is 4.98 Å². The maximum Gasteiger partial charge on any atom is 0.144 e. The molecule has 0 spiro atoms. The van der Waals surface area contributed by atoms with Gasteiger partial charge in [0.2, 0.25) is 0 Å². The van der Waals surface area contributed by atoms with Crippen LogP contribution in [0.1, 0.15) is 19.3 Å². The first-order chi connectivity index (χ1) is 7.66. The first-order valence-corrected chi connectivity index (χ1v) is 6.23. The molecule has 88 valence electrons. The van der Waals surface area contributed by atoms with E-state index in [1.165, 1.54) is 12.8 Å². The van der Waals surface area contributed by atoms with E-state index in [0.29, 0.717) is 27.8 Å². The highest BCUT2D eigenvalue weighted by atomic mass is 35.5. The van der Waals surface area contributed by atoms with E-state index in [1.807, 2.05) is 0 Å². The molecular weight excluding hydrogens is 245 g/mol. The van der Waals surface area contributed by atoms with E-state index in [0.717, 1.165) is 13.0 Å². The highest BCUT2D eigenvalue weighted by Gasteiger charge is 2.23. The summed E-state index contributed by atoms with van der Waals surface area (Å²) >= 11 is 11.8. The minimum atomic E-state index is 0.304. The van der Waals surface area contributed by atoms with Gasteiger partial charge in [0.25, 0.3) is 0 Å². The number of hydrogen-bond acceptors (Lipinski definition) is 3. The zero-order valence-electron chi connectivity index (χ0n) is 8.92. The number of hydrogen-bond donors (Lipinski definition) is 2. The quantitative estimate of drug-likeness (QED) is 0.878. The summed E-state index contributed by atoms with van der Waals surface area (Å²) in [6.07, 6.45) is 5.10. The molecular formula is C11H15Cl2N3. The molecule has 1 fully saturated rings. The van der Waals surface area contributed by atoms with Gasteiger partial charge in [-0.15, -0.1) is 0 Å². The molecule has 1 saturated carbocycles. The van der Waals surface area contributed by atoms with Crippen molar-refractivity contribution >= 4 is 29.0 Å². The summed E-state index contributed by atoms with van der Waals surface area (Å²) < 4.78 is 0. The van der Waals surface area contributed by atoms with Crippen LogP contribution in [0.3, 0.4) is 0 Å². The van der Waals surface area contributed by atoms with Gasteiger partial charge in [-0.2, -0.15) is 0 Å². The number of pyridine rings is 1. The molecule has 2 unspecified atom stereocenters. The van der Waals surface area contributed by atoms with Crippen molar-refractivity contribution in [3.8, 4) is 0 Å². The predicted molar refractivity (Wildman–Crippen MR) is 68.1 cm³/mol. The largest absolute Gasteiger partial charge is 0.369 e. The Morgan fingerprint density at radius 2 is 2.25 bits per heavy atom. The van der Waals surface area contributed by atoms with Crippen molar-refractivity contribution in [3.63, 3.8) is 0 Å². The Hall–Kier alpha value is -0.510. The van der Waals surface area contributed by atoms with Crippen LogP contribution in [-0.4, -0.2) is 17.6 Å². The predicted octanol–water partition coefficient (Wildman–Crippen LogP) is 2.93. The molecule has 1 aliphatic carbocycles. The summed E-state index contributed by atoms with van der Waals surface area (Å²) in [5.41, 5.74) is 5.99. The Morgan fingerprint density at radius 1 is 1.44 bits per heavy atom. The second-order valence-electron chi connectivity index (χ2n) is 4.22. The van der Waals surface area contributed by atoms with E-state index in [2.05, 4.69) is 10.3 Å². The Kier molecular flexibility index (Phi) is 3.90. The van der Waals surface area contributed by atoms with E-state index in [1.54, 1.807) is 12.3 Å². The molecule has 2 atom stereocenters. The van der Waals surface area contributed by atoms with Crippen molar-refractivity contribution in [2.45, 2.75) is 25.3 Å². The maximum absolute atomic E-state index is 6.01. The van der Waals surface area contributed by atoms with Crippen LogP contribution in [0, 0.1) is 5.92 Å². The number of aromatic nitrogens is 1. The van der Waals surface area contributed by atoms with E-state index < -0.39 is 0 Å². The molecule has 0 saturated heterocycles. The zero-order valence-corrected chi connectivity index (χ0v) is 10.4. The molecule has 0 aliphatic heterocycles. The number of nitrogens with two attached hydrogens (primary N) is 1. The van der Waals surface area contributed by atoms with Gasteiger partial charge in [-0.1, -0.05) is 29.6 Å². The van der Waals surface area contributed by atoms with Crippen LogP contribution < -0.4 is 11.1 Å². The van der Waals surface area contributed by atoms with Crippen LogP contribution in [0.15, 0.2) is 12.3 Å². The summed E-state index contributed by atoms with van der Waals surface area (Å²) in [6, 6.07) is 1.99. The van der Waals surface area contributed by atoms with Crippen LogP contribution in [0.5, 0.6) is 0 Å². The fourth-order valence-corrected chi connectivity index (χ4v) is 2.54. The van der Waals surface area contributed by atoms with E-state index in [-0.39, 0.29) is 0 Å². The van der Waals surface area contributed by atoms with Crippen LogP contribution in [0.4, 0.5) is 5.82 Å². The number of anilines is 1. The number of halogens is 2. The molecule has 3 nitrogen and oxygen atoms in total. The van der Waals surface area contributed by atoms with Crippen molar-refractivity contribution < 1.29 is 0 Å². The number of nitrogens with one attached hydrogen (secondary N) is 1. The minimum absolute atomic E-state index is 0.304. The molecule has 3 N–H and O–H groups in total.